The Labute approximate surface area is 123 Å². The van der Waals surface area contributed by atoms with Crippen LogP contribution in [0.15, 0.2) is 30.5 Å². The number of nitrogens with zero attached hydrogens (tertiary/aromatic N) is 1. The molecular formula is C18H28N2. The first kappa shape index (κ1) is 15.1. The lowest BCUT2D eigenvalue weighted by Crippen LogP contribution is -2.08. The molecule has 2 heteroatoms. The van der Waals surface area contributed by atoms with Crippen molar-refractivity contribution in [2.45, 2.75) is 46.1 Å². The highest BCUT2D eigenvalue weighted by molar-refractivity contribution is 5.83. The third kappa shape index (κ3) is 3.86. The van der Waals surface area contributed by atoms with Gasteiger partial charge in [0.2, 0.25) is 0 Å². The molecule has 0 aliphatic heterocycles. The van der Waals surface area contributed by atoms with Gasteiger partial charge in [0.1, 0.15) is 0 Å². The number of para-hydroxylation sites is 1. The second-order valence-corrected chi connectivity index (χ2v) is 6.11. The fraction of sp³-hybridized carbons (Fsp3) is 0.556. The van der Waals surface area contributed by atoms with Gasteiger partial charge in [-0.2, -0.15) is 0 Å². The predicted molar refractivity (Wildman–Crippen MR) is 88.3 cm³/mol. The molecule has 0 spiro atoms. The summed E-state index contributed by atoms with van der Waals surface area (Å²) < 4.78 is 2.45. The average molecular weight is 272 g/mol. The maximum atomic E-state index is 3.23. The first-order valence-electron chi connectivity index (χ1n) is 7.93. The molecule has 0 bridgehead atoms. The van der Waals surface area contributed by atoms with Gasteiger partial charge in [-0.25, -0.2) is 0 Å². The zero-order chi connectivity index (χ0) is 14.4. The van der Waals surface area contributed by atoms with Crippen molar-refractivity contribution in [1.29, 1.82) is 0 Å². The SMILES string of the molecule is CNCCCc1cn(CCCC(C)C)c2ccccc12. The molecule has 1 N–H and O–H groups in total. The van der Waals surface area contributed by atoms with Gasteiger partial charge >= 0.3 is 0 Å². The minimum Gasteiger partial charge on any atom is -0.347 e. The van der Waals surface area contributed by atoms with Gasteiger partial charge in [-0.05, 0) is 56.8 Å². The smallest absolute Gasteiger partial charge is 0.0483 e. The lowest BCUT2D eigenvalue weighted by molar-refractivity contribution is 0.517. The molecule has 110 valence electrons. The monoisotopic (exact) mass is 272 g/mol. The third-order valence-corrected chi connectivity index (χ3v) is 3.92. The van der Waals surface area contributed by atoms with Crippen LogP contribution in [0.1, 0.15) is 38.7 Å². The van der Waals surface area contributed by atoms with Crippen LogP contribution in [0.5, 0.6) is 0 Å². The van der Waals surface area contributed by atoms with Crippen LogP contribution in [-0.4, -0.2) is 18.2 Å². The first-order valence-corrected chi connectivity index (χ1v) is 7.93. The number of hydrogen-bond donors (Lipinski definition) is 1. The van der Waals surface area contributed by atoms with Crippen LogP contribution in [-0.2, 0) is 13.0 Å². The van der Waals surface area contributed by atoms with Crippen molar-refractivity contribution >= 4 is 10.9 Å². The van der Waals surface area contributed by atoms with Gasteiger partial charge in [0.25, 0.3) is 0 Å². The van der Waals surface area contributed by atoms with Gasteiger partial charge in [0, 0.05) is 23.6 Å². The molecule has 1 aromatic carbocycles. The molecule has 0 unspecified atom stereocenters. The lowest BCUT2D eigenvalue weighted by atomic mass is 10.1. The average Bonchev–Trinajstić information content (AvgIpc) is 2.78. The normalized spacial score (nSPS) is 11.6. The minimum absolute atomic E-state index is 0.798. The highest BCUT2D eigenvalue weighted by Gasteiger charge is 2.07. The molecule has 2 aromatic rings. The topological polar surface area (TPSA) is 17.0 Å². The number of hydrogen-bond acceptors (Lipinski definition) is 1. The number of fused-ring (bicyclic) bond motifs is 1. The maximum Gasteiger partial charge on any atom is 0.0483 e. The van der Waals surface area contributed by atoms with Gasteiger partial charge in [-0.3, -0.25) is 0 Å². The van der Waals surface area contributed by atoms with Crippen LogP contribution in [0.25, 0.3) is 10.9 Å². The van der Waals surface area contributed by atoms with E-state index < -0.39 is 0 Å². The first-order chi connectivity index (χ1) is 9.72. The Morgan fingerprint density at radius 1 is 1.15 bits per heavy atom. The van der Waals surface area contributed by atoms with E-state index in [9.17, 15) is 0 Å². The van der Waals surface area contributed by atoms with Crippen molar-refractivity contribution in [3.63, 3.8) is 0 Å². The molecule has 0 aliphatic rings. The summed E-state index contributed by atoms with van der Waals surface area (Å²) >= 11 is 0. The number of nitrogens with one attached hydrogen (secondary N) is 1. The van der Waals surface area contributed by atoms with E-state index in [1.54, 1.807) is 0 Å². The molecular weight excluding hydrogens is 244 g/mol. The molecule has 1 heterocycles. The minimum atomic E-state index is 0.798. The van der Waals surface area contributed by atoms with E-state index in [4.69, 9.17) is 0 Å². The van der Waals surface area contributed by atoms with Crippen LogP contribution in [0.3, 0.4) is 0 Å². The predicted octanol–water partition coefficient (Wildman–Crippen LogP) is 4.23. The summed E-state index contributed by atoms with van der Waals surface area (Å²) in [6, 6.07) is 8.83. The van der Waals surface area contributed by atoms with Crippen molar-refractivity contribution in [1.82, 2.24) is 9.88 Å². The molecule has 2 nitrogen and oxygen atoms in total. The Bertz CT molecular complexity index is 525. The molecule has 0 fully saturated rings. The fourth-order valence-corrected chi connectivity index (χ4v) is 2.83. The summed E-state index contributed by atoms with van der Waals surface area (Å²) in [6.45, 7) is 6.84. The van der Waals surface area contributed by atoms with Crippen LogP contribution >= 0.6 is 0 Å². The summed E-state index contributed by atoms with van der Waals surface area (Å²) in [5.74, 6) is 0.798. The summed E-state index contributed by atoms with van der Waals surface area (Å²) in [4.78, 5) is 0. The van der Waals surface area contributed by atoms with Gasteiger partial charge in [0.05, 0.1) is 0 Å². The third-order valence-electron chi connectivity index (χ3n) is 3.92. The van der Waals surface area contributed by atoms with E-state index >= 15 is 0 Å². The van der Waals surface area contributed by atoms with Crippen molar-refractivity contribution in [3.05, 3.63) is 36.0 Å². The van der Waals surface area contributed by atoms with Gasteiger partial charge in [-0.15, -0.1) is 0 Å². The fourth-order valence-electron chi connectivity index (χ4n) is 2.83. The molecule has 0 saturated carbocycles. The van der Waals surface area contributed by atoms with Crippen molar-refractivity contribution in [2.24, 2.45) is 5.92 Å². The van der Waals surface area contributed by atoms with Gasteiger partial charge in [0.15, 0.2) is 0 Å². The zero-order valence-corrected chi connectivity index (χ0v) is 13.2. The summed E-state index contributed by atoms with van der Waals surface area (Å²) in [5, 5.41) is 4.67. The van der Waals surface area contributed by atoms with E-state index in [2.05, 4.69) is 54.2 Å². The molecule has 0 aliphatic carbocycles. The molecule has 0 radical (unpaired) electrons. The van der Waals surface area contributed by atoms with Crippen molar-refractivity contribution in [3.8, 4) is 0 Å². The van der Waals surface area contributed by atoms with E-state index in [0.717, 1.165) is 19.0 Å². The molecule has 0 saturated heterocycles. The van der Waals surface area contributed by atoms with E-state index in [1.807, 2.05) is 7.05 Å². The molecule has 20 heavy (non-hydrogen) atoms. The number of benzene rings is 1. The van der Waals surface area contributed by atoms with Gasteiger partial charge in [-0.1, -0.05) is 32.0 Å². The van der Waals surface area contributed by atoms with Crippen molar-refractivity contribution < 1.29 is 0 Å². The summed E-state index contributed by atoms with van der Waals surface area (Å²) in [7, 11) is 2.02. The number of rotatable bonds is 8. The Kier molecular flexibility index (Phi) is 5.66. The Morgan fingerprint density at radius 3 is 2.70 bits per heavy atom. The Hall–Kier alpha value is -1.28. The van der Waals surface area contributed by atoms with Crippen LogP contribution in [0.2, 0.25) is 0 Å². The van der Waals surface area contributed by atoms with Crippen LogP contribution < -0.4 is 5.32 Å². The Morgan fingerprint density at radius 2 is 1.95 bits per heavy atom. The van der Waals surface area contributed by atoms with E-state index in [1.165, 1.54) is 42.1 Å². The molecule has 0 atom stereocenters. The quantitative estimate of drug-likeness (QED) is 0.712. The zero-order valence-electron chi connectivity index (χ0n) is 13.2. The maximum absolute atomic E-state index is 3.23. The highest BCUT2D eigenvalue weighted by Crippen LogP contribution is 2.23. The molecule has 1 aromatic heterocycles. The van der Waals surface area contributed by atoms with Crippen molar-refractivity contribution in [2.75, 3.05) is 13.6 Å². The van der Waals surface area contributed by atoms with Crippen LogP contribution in [0.4, 0.5) is 0 Å². The highest BCUT2D eigenvalue weighted by atomic mass is 15.0. The summed E-state index contributed by atoms with van der Waals surface area (Å²) in [5.41, 5.74) is 2.90. The van der Waals surface area contributed by atoms with Crippen LogP contribution in [0, 0.1) is 5.92 Å². The second kappa shape index (κ2) is 7.49. The number of aryl methyl sites for hydroxylation is 2. The van der Waals surface area contributed by atoms with E-state index in [0.29, 0.717) is 0 Å². The standard InChI is InChI=1S/C18H28N2/c1-15(2)8-7-13-20-14-16(9-6-12-19-3)17-10-4-5-11-18(17)20/h4-5,10-11,14-15,19H,6-9,12-13H2,1-3H3. The largest absolute Gasteiger partial charge is 0.347 e. The Balaban J connectivity index is 2.13. The second-order valence-electron chi connectivity index (χ2n) is 6.11. The summed E-state index contributed by atoms with van der Waals surface area (Å²) in [6.07, 6.45) is 7.32. The molecule has 2 rings (SSSR count). The molecule has 0 amide bonds. The van der Waals surface area contributed by atoms with Gasteiger partial charge < -0.3 is 9.88 Å². The number of aromatic nitrogens is 1. The lowest BCUT2D eigenvalue weighted by Gasteiger charge is -2.07. The van der Waals surface area contributed by atoms with E-state index in [-0.39, 0.29) is 0 Å².